The topological polar surface area (TPSA) is 66.8 Å². The van der Waals surface area contributed by atoms with E-state index < -0.39 is 21.7 Å². The summed E-state index contributed by atoms with van der Waals surface area (Å²) in [4.78, 5) is 18.5. The summed E-state index contributed by atoms with van der Waals surface area (Å²) < 4.78 is 38.2. The van der Waals surface area contributed by atoms with Gasteiger partial charge in [0.15, 0.2) is 15.0 Å². The number of fused-ring (bicyclic) bond motifs is 1. The summed E-state index contributed by atoms with van der Waals surface area (Å²) in [6, 6.07) is 11.5. The van der Waals surface area contributed by atoms with E-state index in [4.69, 9.17) is 11.6 Å². The molecule has 2 unspecified atom stereocenters. The monoisotopic (exact) mass is 452 g/mol. The molecule has 2 aromatic carbocycles. The van der Waals surface area contributed by atoms with Crippen molar-refractivity contribution in [1.82, 2.24) is 0 Å². The molecule has 0 spiro atoms. The molecule has 2 aliphatic rings. The van der Waals surface area contributed by atoms with Gasteiger partial charge >= 0.3 is 0 Å². The molecule has 0 radical (unpaired) electrons. The second-order valence-electron chi connectivity index (χ2n) is 7.22. The van der Waals surface area contributed by atoms with Gasteiger partial charge in [-0.3, -0.25) is 4.79 Å². The lowest BCUT2D eigenvalue weighted by molar-refractivity contribution is -0.117. The minimum Gasteiger partial charge on any atom is -0.315 e. The lowest BCUT2D eigenvalue weighted by Crippen LogP contribution is -2.37. The van der Waals surface area contributed by atoms with Crippen LogP contribution in [0.3, 0.4) is 0 Å². The molecule has 0 aromatic heterocycles. The number of hydrogen-bond acceptors (Lipinski definition) is 4. The van der Waals surface area contributed by atoms with Crippen LogP contribution in [0.1, 0.15) is 11.1 Å². The van der Waals surface area contributed by atoms with Gasteiger partial charge in [0.2, 0.25) is 0 Å². The van der Waals surface area contributed by atoms with Crippen LogP contribution in [-0.4, -0.2) is 42.3 Å². The fourth-order valence-electron chi connectivity index (χ4n) is 3.53. The molecule has 2 aliphatic heterocycles. The summed E-state index contributed by atoms with van der Waals surface area (Å²) in [5.41, 5.74) is 2.38. The molecule has 0 bridgehead atoms. The highest BCUT2D eigenvalue weighted by Gasteiger charge is 2.49. The summed E-state index contributed by atoms with van der Waals surface area (Å²) in [7, 11) is -3.19. The molecule has 5 nitrogen and oxygen atoms in total. The van der Waals surface area contributed by atoms with E-state index in [1.54, 1.807) is 11.0 Å². The molecule has 2 aromatic rings. The van der Waals surface area contributed by atoms with E-state index in [0.29, 0.717) is 10.9 Å². The first-order chi connectivity index (χ1) is 13.7. The predicted octanol–water partition coefficient (Wildman–Crippen LogP) is 3.63. The SMILES string of the molecule is Cc1ccc(CC(=O)N=C2SC3CS(=O)(=O)CC3N2c2ccc(Cl)c(F)c2)cc1. The Balaban J connectivity index is 1.65. The van der Waals surface area contributed by atoms with E-state index in [-0.39, 0.29) is 34.1 Å². The molecule has 29 heavy (non-hydrogen) atoms. The minimum absolute atomic E-state index is 0.0140. The summed E-state index contributed by atoms with van der Waals surface area (Å²) in [6.07, 6.45) is 0.140. The van der Waals surface area contributed by atoms with Gasteiger partial charge in [0.1, 0.15) is 5.82 Å². The van der Waals surface area contributed by atoms with E-state index in [0.717, 1.165) is 11.1 Å². The molecule has 0 N–H and O–H groups in total. The van der Waals surface area contributed by atoms with Crippen molar-refractivity contribution in [3.63, 3.8) is 0 Å². The van der Waals surface area contributed by atoms with Crippen LogP contribution in [0.5, 0.6) is 0 Å². The molecular formula is C20H18ClFN2O3S2. The Labute approximate surface area is 177 Å². The number of benzene rings is 2. The molecule has 2 atom stereocenters. The summed E-state index contributed by atoms with van der Waals surface area (Å²) in [6.45, 7) is 1.97. The van der Waals surface area contributed by atoms with Crippen molar-refractivity contribution in [3.05, 3.63) is 64.4 Å². The largest absolute Gasteiger partial charge is 0.315 e. The maximum atomic E-state index is 14.0. The van der Waals surface area contributed by atoms with Gasteiger partial charge in [-0.25, -0.2) is 12.8 Å². The van der Waals surface area contributed by atoms with Gasteiger partial charge in [-0.05, 0) is 30.7 Å². The first kappa shape index (κ1) is 20.4. The fraction of sp³-hybridized carbons (Fsp3) is 0.300. The van der Waals surface area contributed by atoms with E-state index in [2.05, 4.69) is 4.99 Å². The maximum absolute atomic E-state index is 14.0. The van der Waals surface area contributed by atoms with Crippen molar-refractivity contribution < 1.29 is 17.6 Å². The van der Waals surface area contributed by atoms with Gasteiger partial charge in [-0.15, -0.1) is 0 Å². The van der Waals surface area contributed by atoms with Crippen LogP contribution in [0.4, 0.5) is 10.1 Å². The number of aryl methyl sites for hydroxylation is 1. The molecule has 4 rings (SSSR count). The smallest absolute Gasteiger partial charge is 0.252 e. The zero-order valence-corrected chi connectivity index (χ0v) is 17.9. The maximum Gasteiger partial charge on any atom is 0.252 e. The van der Waals surface area contributed by atoms with Crippen molar-refractivity contribution in [2.45, 2.75) is 24.6 Å². The second-order valence-corrected chi connectivity index (χ2v) is 11.0. The number of amides is 1. The highest BCUT2D eigenvalue weighted by molar-refractivity contribution is 8.16. The lowest BCUT2D eigenvalue weighted by atomic mass is 10.1. The number of amidine groups is 1. The Morgan fingerprint density at radius 1 is 1.24 bits per heavy atom. The number of nitrogens with zero attached hydrogens (tertiary/aromatic N) is 2. The minimum atomic E-state index is -3.19. The lowest BCUT2D eigenvalue weighted by Gasteiger charge is -2.24. The Morgan fingerprint density at radius 2 is 1.97 bits per heavy atom. The van der Waals surface area contributed by atoms with Crippen LogP contribution < -0.4 is 4.90 Å². The molecule has 2 fully saturated rings. The van der Waals surface area contributed by atoms with Gasteiger partial charge in [0, 0.05) is 10.9 Å². The van der Waals surface area contributed by atoms with Gasteiger partial charge in [0.05, 0.1) is 29.0 Å². The Hall–Kier alpha value is -1.90. The van der Waals surface area contributed by atoms with Crippen molar-refractivity contribution in [1.29, 1.82) is 0 Å². The number of thioether (sulfide) groups is 1. The van der Waals surface area contributed by atoms with Crippen LogP contribution in [0.15, 0.2) is 47.5 Å². The van der Waals surface area contributed by atoms with Crippen molar-refractivity contribution in [2.75, 3.05) is 16.4 Å². The Kier molecular flexibility index (Phi) is 5.44. The molecular weight excluding hydrogens is 435 g/mol. The number of aliphatic imine (C=N–C) groups is 1. The van der Waals surface area contributed by atoms with Gasteiger partial charge in [-0.2, -0.15) is 4.99 Å². The molecule has 2 heterocycles. The average molecular weight is 453 g/mol. The number of halogens is 2. The zero-order valence-electron chi connectivity index (χ0n) is 15.5. The first-order valence-electron chi connectivity index (χ1n) is 9.00. The van der Waals surface area contributed by atoms with Crippen LogP contribution in [0.2, 0.25) is 5.02 Å². The predicted molar refractivity (Wildman–Crippen MR) is 115 cm³/mol. The standard InChI is InChI=1S/C20H18ClFN2O3S2/c1-12-2-4-13(5-3-12)8-19(25)23-20-24(14-6-7-15(21)16(22)9-14)17-10-29(26,27)11-18(17)28-20/h2-7,9,17-18H,8,10-11H2,1H3. The van der Waals surface area contributed by atoms with Gasteiger partial charge in [0.25, 0.3) is 5.91 Å². The number of rotatable bonds is 3. The Bertz CT molecular complexity index is 1100. The molecule has 2 saturated heterocycles. The molecule has 0 saturated carbocycles. The van der Waals surface area contributed by atoms with Crippen LogP contribution in [-0.2, 0) is 21.1 Å². The van der Waals surface area contributed by atoms with E-state index in [9.17, 15) is 17.6 Å². The zero-order chi connectivity index (χ0) is 20.8. The van der Waals surface area contributed by atoms with Crippen LogP contribution in [0.25, 0.3) is 0 Å². The first-order valence-corrected chi connectivity index (χ1v) is 12.1. The van der Waals surface area contributed by atoms with E-state index >= 15 is 0 Å². The van der Waals surface area contributed by atoms with Crippen molar-refractivity contribution >= 4 is 50.0 Å². The number of carbonyl (C=O) groups is 1. The number of carbonyl (C=O) groups excluding carboxylic acids is 1. The second kappa shape index (κ2) is 7.74. The highest BCUT2D eigenvalue weighted by Crippen LogP contribution is 2.41. The third kappa shape index (κ3) is 4.34. The third-order valence-corrected chi connectivity index (χ3v) is 8.46. The molecule has 0 aliphatic carbocycles. The molecule has 9 heteroatoms. The normalized spacial score (nSPS) is 24.1. The highest BCUT2D eigenvalue weighted by atomic mass is 35.5. The third-order valence-electron chi connectivity index (χ3n) is 4.94. The van der Waals surface area contributed by atoms with Crippen molar-refractivity contribution in [2.24, 2.45) is 4.99 Å². The van der Waals surface area contributed by atoms with E-state index in [1.807, 2.05) is 31.2 Å². The number of hydrogen-bond donors (Lipinski definition) is 0. The van der Waals surface area contributed by atoms with E-state index in [1.165, 1.54) is 23.9 Å². The molecule has 1 amide bonds. The number of sulfone groups is 1. The molecule has 152 valence electrons. The Morgan fingerprint density at radius 3 is 2.66 bits per heavy atom. The average Bonchev–Trinajstić information content (AvgIpc) is 3.10. The summed E-state index contributed by atoms with van der Waals surface area (Å²) >= 11 is 7.05. The van der Waals surface area contributed by atoms with Gasteiger partial charge in [-0.1, -0.05) is 53.2 Å². The van der Waals surface area contributed by atoms with Crippen LogP contribution in [0, 0.1) is 12.7 Å². The van der Waals surface area contributed by atoms with Gasteiger partial charge < -0.3 is 4.90 Å². The summed E-state index contributed by atoms with van der Waals surface area (Å²) in [5, 5.41) is 0.128. The number of anilines is 1. The summed E-state index contributed by atoms with van der Waals surface area (Å²) in [5.74, 6) is -0.984. The fourth-order valence-corrected chi connectivity index (χ4v) is 7.58. The van der Waals surface area contributed by atoms with Crippen LogP contribution >= 0.6 is 23.4 Å². The van der Waals surface area contributed by atoms with Crippen molar-refractivity contribution in [3.8, 4) is 0 Å². The quantitative estimate of drug-likeness (QED) is 0.711.